The Morgan fingerprint density at radius 2 is 1.53 bits per heavy atom. The summed E-state index contributed by atoms with van der Waals surface area (Å²) < 4.78 is 28.2. The van der Waals surface area contributed by atoms with Crippen molar-refractivity contribution in [3.05, 3.63) is 92.5 Å². The molecule has 1 atom stereocenters. The summed E-state index contributed by atoms with van der Waals surface area (Å²) in [5, 5.41) is 3.41. The van der Waals surface area contributed by atoms with Gasteiger partial charge < -0.3 is 5.32 Å². The number of benzene rings is 3. The molecule has 0 aliphatic heterocycles. The van der Waals surface area contributed by atoms with E-state index >= 15 is 0 Å². The van der Waals surface area contributed by atoms with Gasteiger partial charge in [0.15, 0.2) is 0 Å². The molecule has 34 heavy (non-hydrogen) atoms. The lowest BCUT2D eigenvalue weighted by atomic mass is 9.96. The van der Waals surface area contributed by atoms with Crippen molar-refractivity contribution < 1.29 is 13.2 Å². The van der Waals surface area contributed by atoms with Crippen LogP contribution >= 0.6 is 23.2 Å². The van der Waals surface area contributed by atoms with Crippen molar-refractivity contribution in [2.75, 3.05) is 10.8 Å². The van der Waals surface area contributed by atoms with Crippen molar-refractivity contribution >= 4 is 44.8 Å². The number of anilines is 1. The van der Waals surface area contributed by atoms with Crippen LogP contribution in [0.1, 0.15) is 40.8 Å². The molecule has 8 heteroatoms. The summed E-state index contributed by atoms with van der Waals surface area (Å²) in [6.07, 6.45) is 0. The Bertz CT molecular complexity index is 1320. The lowest BCUT2D eigenvalue weighted by Crippen LogP contribution is -2.41. The van der Waals surface area contributed by atoms with Crippen LogP contribution in [0.5, 0.6) is 0 Å². The van der Waals surface area contributed by atoms with Gasteiger partial charge in [-0.05, 0) is 87.2 Å². The highest BCUT2D eigenvalue weighted by atomic mass is 35.5. The number of rotatable bonds is 7. The van der Waals surface area contributed by atoms with Gasteiger partial charge >= 0.3 is 0 Å². The van der Waals surface area contributed by atoms with E-state index in [0.717, 1.165) is 26.6 Å². The van der Waals surface area contributed by atoms with Gasteiger partial charge in [0.1, 0.15) is 6.54 Å². The molecule has 3 aromatic carbocycles. The van der Waals surface area contributed by atoms with E-state index in [1.165, 1.54) is 29.8 Å². The molecule has 5 nitrogen and oxygen atoms in total. The van der Waals surface area contributed by atoms with Crippen LogP contribution in [0, 0.1) is 27.7 Å². The van der Waals surface area contributed by atoms with E-state index in [1.807, 2.05) is 40.7 Å². The first-order valence-electron chi connectivity index (χ1n) is 10.8. The molecular weight excluding hydrogens is 491 g/mol. The van der Waals surface area contributed by atoms with Gasteiger partial charge in [-0.2, -0.15) is 0 Å². The van der Waals surface area contributed by atoms with Crippen LogP contribution in [0.3, 0.4) is 0 Å². The van der Waals surface area contributed by atoms with Crippen LogP contribution in [0.2, 0.25) is 10.0 Å². The fourth-order valence-electron chi connectivity index (χ4n) is 3.76. The molecule has 0 aliphatic rings. The van der Waals surface area contributed by atoms with E-state index in [9.17, 15) is 13.2 Å². The third-order valence-electron chi connectivity index (χ3n) is 5.80. The average Bonchev–Trinajstić information content (AvgIpc) is 2.76. The maximum atomic E-state index is 13.6. The summed E-state index contributed by atoms with van der Waals surface area (Å²) in [4.78, 5) is 13.2. The molecule has 0 fully saturated rings. The third-order valence-corrected chi connectivity index (χ3v) is 8.13. The van der Waals surface area contributed by atoms with Gasteiger partial charge in [-0.15, -0.1) is 0 Å². The van der Waals surface area contributed by atoms with E-state index in [2.05, 4.69) is 11.4 Å². The van der Waals surface area contributed by atoms with Crippen molar-refractivity contribution in [1.82, 2.24) is 5.32 Å². The van der Waals surface area contributed by atoms with Gasteiger partial charge in [-0.1, -0.05) is 53.0 Å². The number of aryl methyl sites for hydroxylation is 4. The van der Waals surface area contributed by atoms with Crippen molar-refractivity contribution in [3.8, 4) is 0 Å². The molecule has 0 aliphatic carbocycles. The van der Waals surface area contributed by atoms with E-state index in [0.29, 0.717) is 5.02 Å². The van der Waals surface area contributed by atoms with E-state index in [4.69, 9.17) is 23.2 Å². The Morgan fingerprint density at radius 3 is 2.18 bits per heavy atom. The monoisotopic (exact) mass is 518 g/mol. The second-order valence-corrected chi connectivity index (χ2v) is 11.2. The highest BCUT2D eigenvalue weighted by Crippen LogP contribution is 2.33. The molecule has 0 saturated carbocycles. The topological polar surface area (TPSA) is 66.5 Å². The number of amides is 1. The zero-order chi connectivity index (χ0) is 25.2. The van der Waals surface area contributed by atoms with E-state index in [1.54, 1.807) is 18.2 Å². The predicted molar refractivity (Wildman–Crippen MR) is 139 cm³/mol. The number of hydrogen-bond donors (Lipinski definition) is 1. The Kier molecular flexibility index (Phi) is 7.96. The Balaban J connectivity index is 1.96. The molecule has 0 spiro atoms. The van der Waals surface area contributed by atoms with Crippen LogP contribution in [0.25, 0.3) is 0 Å². The number of halogens is 2. The maximum Gasteiger partial charge on any atom is 0.264 e. The van der Waals surface area contributed by atoms with Crippen molar-refractivity contribution in [2.45, 2.75) is 45.6 Å². The largest absolute Gasteiger partial charge is 0.348 e. The van der Waals surface area contributed by atoms with Gasteiger partial charge in [0.2, 0.25) is 5.91 Å². The van der Waals surface area contributed by atoms with E-state index < -0.39 is 22.5 Å². The Labute approximate surface area is 211 Å². The molecule has 0 aromatic heterocycles. The summed E-state index contributed by atoms with van der Waals surface area (Å²) >= 11 is 12.5. The maximum absolute atomic E-state index is 13.6. The minimum absolute atomic E-state index is 0.0556. The van der Waals surface area contributed by atoms with Crippen molar-refractivity contribution in [3.63, 3.8) is 0 Å². The molecule has 3 aromatic rings. The lowest BCUT2D eigenvalue weighted by molar-refractivity contribution is -0.120. The average molecular weight is 519 g/mol. The van der Waals surface area contributed by atoms with Crippen molar-refractivity contribution in [2.24, 2.45) is 0 Å². The summed E-state index contributed by atoms with van der Waals surface area (Å²) in [6, 6.07) is 14.8. The summed E-state index contributed by atoms with van der Waals surface area (Å²) in [5.74, 6) is -0.461. The fourth-order valence-corrected chi connectivity index (χ4v) is 5.63. The number of sulfonamides is 1. The second-order valence-electron chi connectivity index (χ2n) is 8.50. The molecule has 1 unspecified atom stereocenters. The van der Waals surface area contributed by atoms with Crippen LogP contribution in [-0.2, 0) is 14.8 Å². The summed E-state index contributed by atoms with van der Waals surface area (Å²) in [5.41, 5.74) is 5.38. The zero-order valence-electron chi connectivity index (χ0n) is 19.8. The Hall–Kier alpha value is -2.54. The third kappa shape index (κ3) is 5.74. The van der Waals surface area contributed by atoms with Crippen molar-refractivity contribution in [1.29, 1.82) is 0 Å². The molecule has 1 N–H and O–H groups in total. The minimum atomic E-state index is -4.10. The second kappa shape index (κ2) is 10.4. The number of carbonyl (C=O) groups excluding carboxylic acids is 1. The van der Waals surface area contributed by atoms with Gasteiger partial charge in [0.25, 0.3) is 10.0 Å². The number of carbonyl (C=O) groups is 1. The van der Waals surface area contributed by atoms with Crippen LogP contribution in [0.4, 0.5) is 5.69 Å². The fraction of sp³-hybridized carbons (Fsp3) is 0.269. The first kappa shape index (κ1) is 26.1. The predicted octanol–water partition coefficient (Wildman–Crippen LogP) is 6.30. The summed E-state index contributed by atoms with van der Waals surface area (Å²) in [7, 11) is -4.10. The SMILES string of the molecule is Cc1ccc(S(=O)(=O)N(CC(=O)NC(C)c2cc(C)c(C)cc2C)c2cc(Cl)ccc2Cl)cc1. The molecule has 0 saturated heterocycles. The number of nitrogens with zero attached hydrogens (tertiary/aromatic N) is 1. The molecular formula is C26H28Cl2N2O3S. The van der Waals surface area contributed by atoms with Gasteiger partial charge in [0, 0.05) is 5.02 Å². The minimum Gasteiger partial charge on any atom is -0.348 e. The first-order valence-corrected chi connectivity index (χ1v) is 13.0. The van der Waals surface area contributed by atoms with Crippen LogP contribution < -0.4 is 9.62 Å². The molecule has 1 amide bonds. The highest BCUT2D eigenvalue weighted by molar-refractivity contribution is 7.92. The lowest BCUT2D eigenvalue weighted by Gasteiger charge is -2.26. The quantitative estimate of drug-likeness (QED) is 0.399. The standard InChI is InChI=1S/C26H28Cl2N2O3S/c1-16-6-9-22(10-7-16)34(32,33)30(25-14-21(27)8-11-24(25)28)15-26(31)29-20(5)23-13-18(3)17(2)12-19(23)4/h6-14,20H,15H2,1-5H3,(H,29,31). The highest BCUT2D eigenvalue weighted by Gasteiger charge is 2.29. The van der Waals surface area contributed by atoms with Gasteiger partial charge in [0.05, 0.1) is 21.6 Å². The molecule has 0 heterocycles. The first-order chi connectivity index (χ1) is 15.9. The van der Waals surface area contributed by atoms with Gasteiger partial charge in [-0.3, -0.25) is 9.10 Å². The Morgan fingerprint density at radius 1 is 0.912 bits per heavy atom. The van der Waals surface area contributed by atoms with Crippen LogP contribution in [0.15, 0.2) is 59.5 Å². The number of hydrogen-bond acceptors (Lipinski definition) is 3. The molecule has 180 valence electrons. The smallest absolute Gasteiger partial charge is 0.264 e. The normalized spacial score (nSPS) is 12.3. The van der Waals surface area contributed by atoms with Crippen LogP contribution in [-0.4, -0.2) is 20.9 Å². The van der Waals surface area contributed by atoms with E-state index in [-0.39, 0.29) is 21.6 Å². The summed E-state index contributed by atoms with van der Waals surface area (Å²) in [6.45, 7) is 9.34. The number of nitrogens with one attached hydrogen (secondary N) is 1. The molecule has 0 bridgehead atoms. The van der Waals surface area contributed by atoms with Gasteiger partial charge in [-0.25, -0.2) is 8.42 Å². The molecule has 3 rings (SSSR count). The zero-order valence-corrected chi connectivity index (χ0v) is 22.1. The molecule has 0 radical (unpaired) electrons.